The third-order valence-electron chi connectivity index (χ3n) is 4.40. The van der Waals surface area contributed by atoms with Gasteiger partial charge < -0.3 is 10.1 Å². The van der Waals surface area contributed by atoms with Gasteiger partial charge in [0.2, 0.25) is 0 Å². The monoisotopic (exact) mass is 261 g/mol. The van der Waals surface area contributed by atoms with E-state index in [1.165, 1.54) is 30.5 Å². The van der Waals surface area contributed by atoms with Gasteiger partial charge in [-0.25, -0.2) is 4.39 Å². The number of nitrogens with one attached hydrogen (secondary N) is 1. The highest BCUT2D eigenvalue weighted by Gasteiger charge is 2.39. The lowest BCUT2D eigenvalue weighted by molar-refractivity contribution is -0.0337. The van der Waals surface area contributed by atoms with Crippen molar-refractivity contribution in [1.29, 1.82) is 0 Å². The molecular weight excluding hydrogens is 241 g/mol. The fourth-order valence-electron chi connectivity index (χ4n) is 3.28. The highest BCUT2D eigenvalue weighted by atomic mass is 19.1. The zero-order valence-electron chi connectivity index (χ0n) is 11.3. The van der Waals surface area contributed by atoms with E-state index < -0.39 is 0 Å². The third kappa shape index (κ3) is 2.39. The minimum Gasteiger partial charge on any atom is -0.389 e. The van der Waals surface area contributed by atoms with Gasteiger partial charge in [0.15, 0.2) is 0 Å². The fraction of sp³-hybridized carbons (Fsp3) is 0.500. The molecule has 1 aliphatic carbocycles. The molecule has 0 unspecified atom stereocenters. The standard InChI is InChI=1S/C16H20FNO/c1-18-15-11-19-16(8-2-3-9-16)10-14(15)12-4-6-13(17)7-5-12/h4-7,18H,2-3,8-11H2,1H3. The van der Waals surface area contributed by atoms with E-state index in [1.807, 2.05) is 19.2 Å². The SMILES string of the molecule is CNC1=C(c2ccc(F)cc2)CC2(CCCC2)OC1. The molecule has 0 bridgehead atoms. The molecule has 3 heteroatoms. The lowest BCUT2D eigenvalue weighted by atomic mass is 9.86. The number of ether oxygens (including phenoxy) is 1. The summed E-state index contributed by atoms with van der Waals surface area (Å²) in [4.78, 5) is 0. The molecular formula is C16H20FNO. The van der Waals surface area contributed by atoms with Crippen molar-refractivity contribution >= 4 is 5.57 Å². The van der Waals surface area contributed by atoms with Crippen LogP contribution in [0.15, 0.2) is 30.0 Å². The third-order valence-corrected chi connectivity index (χ3v) is 4.40. The highest BCUT2D eigenvalue weighted by molar-refractivity contribution is 5.70. The van der Waals surface area contributed by atoms with Gasteiger partial charge >= 0.3 is 0 Å². The summed E-state index contributed by atoms with van der Waals surface area (Å²) < 4.78 is 19.2. The van der Waals surface area contributed by atoms with E-state index in [-0.39, 0.29) is 11.4 Å². The minimum absolute atomic E-state index is 0.0318. The Labute approximate surface area is 113 Å². The summed E-state index contributed by atoms with van der Waals surface area (Å²) in [5, 5.41) is 3.23. The number of likely N-dealkylation sites (N-methyl/N-ethyl adjacent to an activating group) is 1. The molecule has 0 aromatic heterocycles. The van der Waals surface area contributed by atoms with Crippen LogP contribution in [0.1, 0.15) is 37.7 Å². The molecule has 0 radical (unpaired) electrons. The maximum Gasteiger partial charge on any atom is 0.123 e. The van der Waals surface area contributed by atoms with E-state index in [2.05, 4.69) is 5.32 Å². The Kier molecular flexibility index (Phi) is 3.31. The molecule has 1 spiro atoms. The Bertz CT molecular complexity index is 486. The first kappa shape index (κ1) is 12.7. The fourth-order valence-corrected chi connectivity index (χ4v) is 3.28. The van der Waals surface area contributed by atoms with E-state index in [9.17, 15) is 4.39 Å². The summed E-state index contributed by atoms with van der Waals surface area (Å²) in [5.74, 6) is -0.182. The summed E-state index contributed by atoms with van der Waals surface area (Å²) in [5.41, 5.74) is 3.56. The van der Waals surface area contributed by atoms with Gasteiger partial charge in [0.05, 0.1) is 12.2 Å². The molecule has 1 saturated carbocycles. The van der Waals surface area contributed by atoms with Gasteiger partial charge in [-0.05, 0) is 36.1 Å². The van der Waals surface area contributed by atoms with Crippen molar-refractivity contribution in [3.8, 4) is 0 Å². The molecule has 1 N–H and O–H groups in total. The topological polar surface area (TPSA) is 21.3 Å². The summed E-state index contributed by atoms with van der Waals surface area (Å²) in [7, 11) is 1.93. The predicted octanol–water partition coefficient (Wildman–Crippen LogP) is 3.49. The first-order valence-electron chi connectivity index (χ1n) is 7.02. The van der Waals surface area contributed by atoms with Crippen LogP contribution < -0.4 is 5.32 Å². The molecule has 102 valence electrons. The second kappa shape index (κ2) is 4.97. The number of hydrogen-bond donors (Lipinski definition) is 1. The Hall–Kier alpha value is -1.35. The molecule has 1 aromatic carbocycles. The predicted molar refractivity (Wildman–Crippen MR) is 74.1 cm³/mol. The summed E-state index contributed by atoms with van der Waals surface area (Å²) in [6.45, 7) is 0.642. The van der Waals surface area contributed by atoms with E-state index >= 15 is 0 Å². The molecule has 1 fully saturated rings. The summed E-state index contributed by atoms with van der Waals surface area (Å²) in [6, 6.07) is 6.81. The highest BCUT2D eigenvalue weighted by Crippen LogP contribution is 2.44. The van der Waals surface area contributed by atoms with Gasteiger partial charge in [-0.1, -0.05) is 25.0 Å². The van der Waals surface area contributed by atoms with Gasteiger partial charge in [-0.3, -0.25) is 0 Å². The second-order valence-electron chi connectivity index (χ2n) is 5.57. The number of hydrogen-bond acceptors (Lipinski definition) is 2. The molecule has 2 aliphatic rings. The Morgan fingerprint density at radius 2 is 1.84 bits per heavy atom. The minimum atomic E-state index is -0.182. The van der Waals surface area contributed by atoms with E-state index in [0.717, 1.165) is 30.5 Å². The van der Waals surface area contributed by atoms with Crippen LogP contribution in [-0.2, 0) is 4.74 Å². The van der Waals surface area contributed by atoms with Crippen LogP contribution in [0.2, 0.25) is 0 Å². The van der Waals surface area contributed by atoms with Crippen LogP contribution in [-0.4, -0.2) is 19.3 Å². The quantitative estimate of drug-likeness (QED) is 0.880. The van der Waals surface area contributed by atoms with Crippen molar-refractivity contribution in [2.45, 2.75) is 37.7 Å². The van der Waals surface area contributed by atoms with Gasteiger partial charge in [0.25, 0.3) is 0 Å². The van der Waals surface area contributed by atoms with Crippen LogP contribution in [0.25, 0.3) is 5.57 Å². The van der Waals surface area contributed by atoms with Crippen molar-refractivity contribution in [1.82, 2.24) is 5.32 Å². The van der Waals surface area contributed by atoms with Crippen LogP contribution in [0.5, 0.6) is 0 Å². The van der Waals surface area contributed by atoms with E-state index in [4.69, 9.17) is 4.74 Å². The zero-order chi connectivity index (χ0) is 13.3. The molecule has 2 nitrogen and oxygen atoms in total. The zero-order valence-corrected chi connectivity index (χ0v) is 11.3. The van der Waals surface area contributed by atoms with Crippen molar-refractivity contribution in [2.24, 2.45) is 0 Å². The molecule has 0 atom stereocenters. The van der Waals surface area contributed by atoms with Gasteiger partial charge in [0, 0.05) is 19.2 Å². The Morgan fingerprint density at radius 1 is 1.16 bits per heavy atom. The van der Waals surface area contributed by atoms with Gasteiger partial charge in [0.1, 0.15) is 5.82 Å². The number of halogens is 1. The lowest BCUT2D eigenvalue weighted by Crippen LogP contribution is -2.36. The maximum absolute atomic E-state index is 13.1. The smallest absolute Gasteiger partial charge is 0.123 e. The molecule has 1 heterocycles. The van der Waals surface area contributed by atoms with Gasteiger partial charge in [-0.2, -0.15) is 0 Å². The Balaban J connectivity index is 1.94. The van der Waals surface area contributed by atoms with Crippen molar-refractivity contribution in [2.75, 3.05) is 13.7 Å². The normalized spacial score (nSPS) is 22.0. The van der Waals surface area contributed by atoms with Crippen LogP contribution in [0.4, 0.5) is 4.39 Å². The van der Waals surface area contributed by atoms with E-state index in [0.29, 0.717) is 6.61 Å². The van der Waals surface area contributed by atoms with Crippen molar-refractivity contribution < 1.29 is 9.13 Å². The lowest BCUT2D eigenvalue weighted by Gasteiger charge is -2.36. The average molecular weight is 261 g/mol. The van der Waals surface area contributed by atoms with Crippen LogP contribution in [0, 0.1) is 5.82 Å². The van der Waals surface area contributed by atoms with Crippen molar-refractivity contribution in [3.05, 3.63) is 41.3 Å². The van der Waals surface area contributed by atoms with E-state index in [1.54, 1.807) is 0 Å². The summed E-state index contributed by atoms with van der Waals surface area (Å²) >= 11 is 0. The molecule has 0 saturated heterocycles. The average Bonchev–Trinajstić information content (AvgIpc) is 2.88. The molecule has 0 amide bonds. The van der Waals surface area contributed by atoms with Crippen LogP contribution >= 0.6 is 0 Å². The molecule has 1 aromatic rings. The molecule has 19 heavy (non-hydrogen) atoms. The van der Waals surface area contributed by atoms with Crippen molar-refractivity contribution in [3.63, 3.8) is 0 Å². The number of rotatable bonds is 2. The first-order chi connectivity index (χ1) is 9.22. The summed E-state index contributed by atoms with van der Waals surface area (Å²) in [6.07, 6.45) is 5.75. The number of benzene rings is 1. The first-order valence-corrected chi connectivity index (χ1v) is 7.02. The second-order valence-corrected chi connectivity index (χ2v) is 5.57. The molecule has 3 rings (SSSR count). The van der Waals surface area contributed by atoms with Crippen LogP contribution in [0.3, 0.4) is 0 Å². The van der Waals surface area contributed by atoms with Gasteiger partial charge in [-0.15, -0.1) is 0 Å². The largest absolute Gasteiger partial charge is 0.389 e. The molecule has 1 aliphatic heterocycles. The Morgan fingerprint density at radius 3 is 2.47 bits per heavy atom. The maximum atomic E-state index is 13.1.